The van der Waals surface area contributed by atoms with Crippen molar-refractivity contribution in [2.45, 2.75) is 6.10 Å². The number of amides is 1. The molecule has 1 aromatic rings. The molecule has 104 valence electrons. The van der Waals surface area contributed by atoms with Crippen LogP contribution in [0.3, 0.4) is 0 Å². The van der Waals surface area contributed by atoms with Crippen molar-refractivity contribution < 1.29 is 33.3 Å². The van der Waals surface area contributed by atoms with E-state index in [0.717, 1.165) is 12.1 Å². The van der Waals surface area contributed by atoms with Gasteiger partial charge in [-0.05, 0) is 12.1 Å². The smallest absolute Gasteiger partial charge is 0.334 e. The van der Waals surface area contributed by atoms with Gasteiger partial charge in [-0.15, -0.1) is 0 Å². The lowest BCUT2D eigenvalue weighted by atomic mass is 10.3. The Morgan fingerprint density at radius 2 is 2.05 bits per heavy atom. The van der Waals surface area contributed by atoms with Crippen LogP contribution < -0.4 is 10.1 Å². The van der Waals surface area contributed by atoms with E-state index in [1.165, 1.54) is 0 Å². The van der Waals surface area contributed by atoms with Crippen LogP contribution in [0.15, 0.2) is 18.2 Å². The molecule has 1 rings (SSSR count). The van der Waals surface area contributed by atoms with Gasteiger partial charge in [-0.2, -0.15) is 0 Å². The lowest BCUT2D eigenvalue weighted by molar-refractivity contribution is -0.146. The van der Waals surface area contributed by atoms with Crippen molar-refractivity contribution in [3.8, 4) is 5.75 Å². The van der Waals surface area contributed by atoms with Gasteiger partial charge in [-0.25, -0.2) is 13.6 Å². The van der Waals surface area contributed by atoms with Gasteiger partial charge < -0.3 is 20.3 Å². The molecule has 6 nitrogen and oxygen atoms in total. The fourth-order valence-corrected chi connectivity index (χ4v) is 1.08. The number of carbonyl (C=O) groups excluding carboxylic acids is 1. The lowest BCUT2D eigenvalue weighted by Crippen LogP contribution is -2.38. The van der Waals surface area contributed by atoms with Crippen LogP contribution in [-0.2, 0) is 9.59 Å². The Kier molecular flexibility index (Phi) is 5.19. The highest BCUT2D eigenvalue weighted by Gasteiger charge is 2.14. The Labute approximate surface area is 106 Å². The molecule has 19 heavy (non-hydrogen) atoms. The van der Waals surface area contributed by atoms with E-state index in [1.54, 1.807) is 0 Å². The number of hydrogen-bond acceptors (Lipinski definition) is 4. The Balaban J connectivity index is 2.40. The average Bonchev–Trinajstić information content (AvgIpc) is 2.34. The molecule has 1 amide bonds. The number of aliphatic hydroxyl groups excluding tert-OH is 1. The molecule has 0 fully saturated rings. The molecule has 0 radical (unpaired) electrons. The Bertz CT molecular complexity index is 480. The van der Waals surface area contributed by atoms with Gasteiger partial charge in [-0.1, -0.05) is 0 Å². The summed E-state index contributed by atoms with van der Waals surface area (Å²) >= 11 is 0. The summed E-state index contributed by atoms with van der Waals surface area (Å²) in [5.41, 5.74) is 0. The first-order chi connectivity index (χ1) is 8.90. The van der Waals surface area contributed by atoms with Crippen LogP contribution in [0.25, 0.3) is 0 Å². The molecule has 8 heteroatoms. The molecule has 0 aromatic heterocycles. The molecule has 0 aliphatic heterocycles. The van der Waals surface area contributed by atoms with Crippen LogP contribution in [0, 0.1) is 11.6 Å². The fourth-order valence-electron chi connectivity index (χ4n) is 1.08. The van der Waals surface area contributed by atoms with Gasteiger partial charge in [0.05, 0.1) is 6.54 Å². The maximum absolute atomic E-state index is 13.1. The lowest BCUT2D eigenvalue weighted by Gasteiger charge is -2.09. The van der Waals surface area contributed by atoms with Crippen molar-refractivity contribution in [1.82, 2.24) is 5.32 Å². The van der Waals surface area contributed by atoms with Gasteiger partial charge in [0.1, 0.15) is 5.82 Å². The zero-order valence-electron chi connectivity index (χ0n) is 9.60. The van der Waals surface area contributed by atoms with Crippen LogP contribution in [-0.4, -0.2) is 41.3 Å². The number of nitrogens with one attached hydrogen (secondary N) is 1. The number of aliphatic carboxylic acids is 1. The molecule has 0 aliphatic carbocycles. The molecule has 1 unspecified atom stereocenters. The van der Waals surface area contributed by atoms with Gasteiger partial charge in [0, 0.05) is 6.07 Å². The maximum Gasteiger partial charge on any atom is 0.334 e. The predicted octanol–water partition coefficient (Wildman–Crippen LogP) is -0.0947. The second kappa shape index (κ2) is 6.64. The Hall–Kier alpha value is -2.22. The molecule has 1 atom stereocenters. The average molecular weight is 275 g/mol. The van der Waals surface area contributed by atoms with Gasteiger partial charge in [0.25, 0.3) is 5.91 Å². The standard InChI is InChI=1S/C11H11F2NO5/c12-6-1-2-9(7(13)3-6)19-5-10(16)14-4-8(15)11(17)18/h1-3,8,15H,4-5H2,(H,14,16)(H,17,18). The largest absolute Gasteiger partial charge is 0.481 e. The van der Waals surface area contributed by atoms with Crippen LogP contribution in [0.2, 0.25) is 0 Å². The zero-order chi connectivity index (χ0) is 14.4. The monoisotopic (exact) mass is 275 g/mol. The molecule has 1 aromatic carbocycles. The molecule has 0 saturated heterocycles. The third kappa shape index (κ3) is 4.88. The van der Waals surface area contributed by atoms with E-state index in [2.05, 4.69) is 5.32 Å². The minimum atomic E-state index is -1.73. The van der Waals surface area contributed by atoms with Crippen molar-refractivity contribution in [2.24, 2.45) is 0 Å². The van der Waals surface area contributed by atoms with Gasteiger partial charge in [0.2, 0.25) is 0 Å². The normalized spacial score (nSPS) is 11.7. The summed E-state index contributed by atoms with van der Waals surface area (Å²) < 4.78 is 30.4. The van der Waals surface area contributed by atoms with E-state index in [-0.39, 0.29) is 5.75 Å². The first-order valence-electron chi connectivity index (χ1n) is 5.15. The molecule has 0 heterocycles. The number of rotatable bonds is 6. The van der Waals surface area contributed by atoms with E-state index in [1.807, 2.05) is 0 Å². The van der Waals surface area contributed by atoms with Crippen molar-refractivity contribution in [3.05, 3.63) is 29.8 Å². The third-order valence-electron chi connectivity index (χ3n) is 2.03. The molecular weight excluding hydrogens is 264 g/mol. The summed E-state index contributed by atoms with van der Waals surface area (Å²) in [4.78, 5) is 21.4. The summed E-state index contributed by atoms with van der Waals surface area (Å²) in [6, 6.07) is 2.58. The number of hydrogen-bond donors (Lipinski definition) is 3. The van der Waals surface area contributed by atoms with Gasteiger partial charge >= 0.3 is 5.97 Å². The van der Waals surface area contributed by atoms with Crippen molar-refractivity contribution >= 4 is 11.9 Å². The summed E-state index contributed by atoms with van der Waals surface area (Å²) in [7, 11) is 0. The topological polar surface area (TPSA) is 95.9 Å². The Morgan fingerprint density at radius 1 is 1.37 bits per heavy atom. The number of aliphatic hydroxyl groups is 1. The first-order valence-corrected chi connectivity index (χ1v) is 5.15. The minimum absolute atomic E-state index is 0.310. The van der Waals surface area contributed by atoms with E-state index >= 15 is 0 Å². The fraction of sp³-hybridized carbons (Fsp3) is 0.273. The first kappa shape index (κ1) is 14.8. The molecule has 0 saturated carbocycles. The second-order valence-electron chi connectivity index (χ2n) is 3.52. The highest BCUT2D eigenvalue weighted by molar-refractivity contribution is 5.79. The number of ether oxygens (including phenoxy) is 1. The van der Waals surface area contributed by atoms with Crippen molar-refractivity contribution in [3.63, 3.8) is 0 Å². The van der Waals surface area contributed by atoms with Crippen LogP contribution in [0.1, 0.15) is 0 Å². The summed E-state index contributed by atoms with van der Waals surface area (Å²) in [6.45, 7) is -1.09. The zero-order valence-corrected chi connectivity index (χ0v) is 9.60. The summed E-state index contributed by atoms with van der Waals surface area (Å²) in [5.74, 6) is -4.28. The summed E-state index contributed by atoms with van der Waals surface area (Å²) in [5, 5.41) is 19.3. The van der Waals surface area contributed by atoms with E-state index in [0.29, 0.717) is 6.07 Å². The van der Waals surface area contributed by atoms with Crippen LogP contribution >= 0.6 is 0 Å². The van der Waals surface area contributed by atoms with E-state index in [9.17, 15) is 18.4 Å². The number of carboxylic acid groups (broad SMARTS) is 1. The second-order valence-corrected chi connectivity index (χ2v) is 3.52. The molecule has 0 bridgehead atoms. The third-order valence-corrected chi connectivity index (χ3v) is 2.03. The number of halogens is 2. The van der Waals surface area contributed by atoms with Gasteiger partial charge in [-0.3, -0.25) is 4.79 Å². The SMILES string of the molecule is O=C(COc1ccc(F)cc1F)NCC(O)C(=O)O. The Morgan fingerprint density at radius 3 is 2.63 bits per heavy atom. The summed E-state index contributed by atoms with van der Waals surface area (Å²) in [6.07, 6.45) is -1.73. The number of carboxylic acids is 1. The number of benzene rings is 1. The maximum atomic E-state index is 13.1. The molecule has 0 spiro atoms. The highest BCUT2D eigenvalue weighted by atomic mass is 19.1. The van der Waals surface area contributed by atoms with Crippen LogP contribution in [0.4, 0.5) is 8.78 Å². The number of carbonyl (C=O) groups is 2. The minimum Gasteiger partial charge on any atom is -0.481 e. The van der Waals surface area contributed by atoms with E-state index < -0.39 is 42.8 Å². The van der Waals surface area contributed by atoms with Gasteiger partial charge in [0.15, 0.2) is 24.3 Å². The predicted molar refractivity (Wildman–Crippen MR) is 58.5 cm³/mol. The van der Waals surface area contributed by atoms with Crippen molar-refractivity contribution in [2.75, 3.05) is 13.2 Å². The molecule has 0 aliphatic rings. The van der Waals surface area contributed by atoms with Crippen LogP contribution in [0.5, 0.6) is 5.75 Å². The van der Waals surface area contributed by atoms with E-state index in [4.69, 9.17) is 14.9 Å². The highest BCUT2D eigenvalue weighted by Crippen LogP contribution is 2.17. The van der Waals surface area contributed by atoms with Crippen molar-refractivity contribution in [1.29, 1.82) is 0 Å². The molecule has 3 N–H and O–H groups in total. The molecular formula is C11H11F2NO5. The quantitative estimate of drug-likeness (QED) is 0.674.